The van der Waals surface area contributed by atoms with Crippen LogP contribution in [0, 0.1) is 6.92 Å². The topological polar surface area (TPSA) is 42.3 Å². The number of nitrogens with zero attached hydrogens (tertiary/aromatic N) is 3. The van der Waals surface area contributed by atoms with Crippen molar-refractivity contribution >= 4 is 11.0 Å². The number of ether oxygens (including phenoxy) is 1. The van der Waals surface area contributed by atoms with Gasteiger partial charge in [-0.25, -0.2) is 4.98 Å². The molecule has 3 aromatic rings. The predicted octanol–water partition coefficient (Wildman–Crippen LogP) is 6.01. The van der Waals surface area contributed by atoms with Crippen LogP contribution in [0.3, 0.4) is 0 Å². The molecule has 0 aliphatic carbocycles. The third-order valence-corrected chi connectivity index (χ3v) is 9.22. The van der Waals surface area contributed by atoms with Crippen LogP contribution in [-0.4, -0.2) is 52.3 Å². The molecule has 6 rings (SSSR count). The second-order valence-corrected chi connectivity index (χ2v) is 11.7. The molecule has 2 aromatic carbocycles. The van der Waals surface area contributed by atoms with Gasteiger partial charge in [0.05, 0.1) is 17.1 Å². The number of para-hydroxylation sites is 2. The van der Waals surface area contributed by atoms with Crippen molar-refractivity contribution in [2.45, 2.75) is 95.4 Å². The molecule has 3 atom stereocenters. The number of imidazole rings is 1. The lowest BCUT2D eigenvalue weighted by Gasteiger charge is -2.44. The number of piperidine rings is 2. The molecule has 0 amide bonds. The molecular formula is C31H42N4O. The van der Waals surface area contributed by atoms with Crippen LogP contribution in [0.15, 0.2) is 48.5 Å². The van der Waals surface area contributed by atoms with E-state index in [-0.39, 0.29) is 11.5 Å². The van der Waals surface area contributed by atoms with E-state index < -0.39 is 0 Å². The van der Waals surface area contributed by atoms with Gasteiger partial charge in [-0.3, -0.25) is 4.90 Å². The molecule has 0 spiro atoms. The number of rotatable bonds is 7. The minimum atomic E-state index is 0.206. The zero-order valence-corrected chi connectivity index (χ0v) is 22.2. The molecule has 5 nitrogen and oxygen atoms in total. The Hall–Kier alpha value is -2.37. The van der Waals surface area contributed by atoms with Crippen molar-refractivity contribution in [2.75, 3.05) is 19.6 Å². The first kappa shape index (κ1) is 24.0. The molecule has 0 radical (unpaired) electrons. The Morgan fingerprint density at radius 1 is 1.00 bits per heavy atom. The Bertz CT molecular complexity index is 1180. The van der Waals surface area contributed by atoms with Gasteiger partial charge >= 0.3 is 0 Å². The molecule has 192 valence electrons. The van der Waals surface area contributed by atoms with E-state index in [1.807, 2.05) is 0 Å². The van der Waals surface area contributed by atoms with Gasteiger partial charge in [0.1, 0.15) is 11.6 Å². The second kappa shape index (κ2) is 9.83. The maximum Gasteiger partial charge on any atom is 0.119 e. The van der Waals surface area contributed by atoms with E-state index in [0.29, 0.717) is 18.1 Å². The van der Waals surface area contributed by atoms with Gasteiger partial charge in [0.2, 0.25) is 0 Å². The second-order valence-electron chi connectivity index (χ2n) is 11.7. The molecule has 3 saturated heterocycles. The average molecular weight is 487 g/mol. The van der Waals surface area contributed by atoms with E-state index >= 15 is 0 Å². The van der Waals surface area contributed by atoms with E-state index in [0.717, 1.165) is 24.4 Å². The third-order valence-electron chi connectivity index (χ3n) is 9.22. The summed E-state index contributed by atoms with van der Waals surface area (Å²) >= 11 is 0. The molecule has 0 saturated carbocycles. The Labute approximate surface area is 216 Å². The van der Waals surface area contributed by atoms with E-state index in [1.165, 1.54) is 68.4 Å². The monoisotopic (exact) mass is 486 g/mol. The zero-order valence-electron chi connectivity index (χ0n) is 22.2. The van der Waals surface area contributed by atoms with Crippen molar-refractivity contribution < 1.29 is 4.74 Å². The molecule has 3 aliphatic rings. The fourth-order valence-corrected chi connectivity index (χ4v) is 7.55. The number of benzene rings is 2. The lowest BCUT2D eigenvalue weighted by molar-refractivity contribution is 0.0928. The highest BCUT2D eigenvalue weighted by Crippen LogP contribution is 2.44. The highest BCUT2D eigenvalue weighted by Gasteiger charge is 2.43. The van der Waals surface area contributed by atoms with Gasteiger partial charge in [-0.2, -0.15) is 0 Å². The van der Waals surface area contributed by atoms with Gasteiger partial charge in [0.15, 0.2) is 0 Å². The summed E-state index contributed by atoms with van der Waals surface area (Å²) in [5, 5.41) is 3.61. The molecule has 4 heterocycles. The summed E-state index contributed by atoms with van der Waals surface area (Å²) in [6.45, 7) is 9.84. The standard InChI is InChI=1S/C31H42N4O/c1-22(2)36-28-8-6-7-24(19-28)31(13-16-32-17-14-31)15-18-34-25-11-12-26(34)21-27(20-25)35-23(3)33-29-9-4-5-10-30(29)35/h4-10,19,22,25-27,32H,11-18,20-21H2,1-3H3/t25-,26+,27+. The van der Waals surface area contributed by atoms with Gasteiger partial charge in [-0.1, -0.05) is 24.3 Å². The van der Waals surface area contributed by atoms with Crippen molar-refractivity contribution in [3.8, 4) is 5.75 Å². The number of hydrogen-bond acceptors (Lipinski definition) is 4. The van der Waals surface area contributed by atoms with Gasteiger partial charge in [0, 0.05) is 18.1 Å². The minimum Gasteiger partial charge on any atom is -0.491 e. The molecule has 1 aromatic heterocycles. The summed E-state index contributed by atoms with van der Waals surface area (Å²) in [4.78, 5) is 7.77. The molecule has 1 N–H and O–H groups in total. The van der Waals surface area contributed by atoms with Crippen LogP contribution in [0.25, 0.3) is 11.0 Å². The number of hydrogen-bond donors (Lipinski definition) is 1. The SMILES string of the molecule is Cc1nc2ccccc2n1[C@H]1C[C@H]2CC[C@@H](C1)N2CCC1(c2cccc(OC(C)C)c2)CCNCC1. The van der Waals surface area contributed by atoms with Crippen molar-refractivity contribution in [3.05, 3.63) is 59.9 Å². The van der Waals surface area contributed by atoms with E-state index in [2.05, 4.69) is 84.1 Å². The first-order valence-corrected chi connectivity index (χ1v) is 14.2. The Morgan fingerprint density at radius 2 is 1.75 bits per heavy atom. The summed E-state index contributed by atoms with van der Waals surface area (Å²) in [6.07, 6.45) is 9.07. The van der Waals surface area contributed by atoms with Gasteiger partial charge in [-0.15, -0.1) is 0 Å². The van der Waals surface area contributed by atoms with Crippen LogP contribution in [0.5, 0.6) is 5.75 Å². The van der Waals surface area contributed by atoms with Crippen LogP contribution in [0.2, 0.25) is 0 Å². The first-order chi connectivity index (χ1) is 17.5. The van der Waals surface area contributed by atoms with E-state index in [9.17, 15) is 0 Å². The lowest BCUT2D eigenvalue weighted by Crippen LogP contribution is -2.47. The Morgan fingerprint density at radius 3 is 2.50 bits per heavy atom. The Kier molecular flexibility index (Phi) is 6.55. The van der Waals surface area contributed by atoms with Crippen molar-refractivity contribution in [3.63, 3.8) is 0 Å². The number of aryl methyl sites for hydroxylation is 1. The van der Waals surface area contributed by atoms with Crippen molar-refractivity contribution in [1.29, 1.82) is 0 Å². The summed E-state index contributed by atoms with van der Waals surface area (Å²) < 4.78 is 8.63. The third kappa shape index (κ3) is 4.45. The lowest BCUT2D eigenvalue weighted by atomic mass is 9.70. The van der Waals surface area contributed by atoms with Crippen molar-refractivity contribution in [1.82, 2.24) is 19.8 Å². The van der Waals surface area contributed by atoms with Crippen LogP contribution in [0.4, 0.5) is 0 Å². The minimum absolute atomic E-state index is 0.206. The molecule has 36 heavy (non-hydrogen) atoms. The summed E-state index contributed by atoms with van der Waals surface area (Å²) in [7, 11) is 0. The molecule has 5 heteroatoms. The van der Waals surface area contributed by atoms with Crippen LogP contribution in [0.1, 0.15) is 76.2 Å². The Balaban J connectivity index is 1.19. The fourth-order valence-electron chi connectivity index (χ4n) is 7.55. The highest BCUT2D eigenvalue weighted by atomic mass is 16.5. The van der Waals surface area contributed by atoms with Gasteiger partial charge in [0.25, 0.3) is 0 Å². The van der Waals surface area contributed by atoms with Crippen LogP contribution >= 0.6 is 0 Å². The molecule has 0 unspecified atom stereocenters. The molecule has 3 fully saturated rings. The molecule has 2 bridgehead atoms. The maximum atomic E-state index is 6.08. The zero-order chi connectivity index (χ0) is 24.7. The van der Waals surface area contributed by atoms with Gasteiger partial charge < -0.3 is 14.6 Å². The van der Waals surface area contributed by atoms with E-state index in [4.69, 9.17) is 9.72 Å². The largest absolute Gasteiger partial charge is 0.491 e. The number of nitrogens with one attached hydrogen (secondary N) is 1. The molecular weight excluding hydrogens is 444 g/mol. The predicted molar refractivity (Wildman–Crippen MR) is 147 cm³/mol. The molecule has 3 aliphatic heterocycles. The summed E-state index contributed by atoms with van der Waals surface area (Å²) in [6, 6.07) is 19.6. The van der Waals surface area contributed by atoms with Crippen molar-refractivity contribution in [2.24, 2.45) is 0 Å². The fraction of sp³-hybridized carbons (Fsp3) is 0.581. The van der Waals surface area contributed by atoms with Gasteiger partial charge in [-0.05, 0) is 121 Å². The van der Waals surface area contributed by atoms with E-state index in [1.54, 1.807) is 0 Å². The van der Waals surface area contributed by atoms with Crippen LogP contribution < -0.4 is 10.1 Å². The highest BCUT2D eigenvalue weighted by molar-refractivity contribution is 5.76. The smallest absolute Gasteiger partial charge is 0.119 e. The maximum absolute atomic E-state index is 6.08. The summed E-state index contributed by atoms with van der Waals surface area (Å²) in [5.74, 6) is 2.19. The number of fused-ring (bicyclic) bond motifs is 3. The van der Waals surface area contributed by atoms with Crippen LogP contribution in [-0.2, 0) is 5.41 Å². The normalized spacial score (nSPS) is 26.1. The summed E-state index contributed by atoms with van der Waals surface area (Å²) in [5.41, 5.74) is 4.17. The quantitative estimate of drug-likeness (QED) is 0.444. The average Bonchev–Trinajstić information content (AvgIpc) is 3.34. The first-order valence-electron chi connectivity index (χ1n) is 14.2. The number of aromatic nitrogens is 2.